The van der Waals surface area contributed by atoms with Gasteiger partial charge in [0.2, 0.25) is 11.8 Å². The summed E-state index contributed by atoms with van der Waals surface area (Å²) in [7, 11) is 1.67. The number of nitrogens with one attached hydrogen (secondary N) is 1. The molecule has 2 aliphatic rings. The van der Waals surface area contributed by atoms with Gasteiger partial charge in [0.15, 0.2) is 11.6 Å². The largest absolute Gasteiger partial charge is 0.497 e. The van der Waals surface area contributed by atoms with Crippen LogP contribution in [0.5, 0.6) is 5.75 Å². The third-order valence-electron chi connectivity index (χ3n) is 9.80. The lowest BCUT2D eigenvalue weighted by atomic mass is 9.95. The fourth-order valence-electron chi connectivity index (χ4n) is 7.39. The molecule has 2 aromatic heterocycles. The number of rotatable bonds is 8. The highest BCUT2D eigenvalue weighted by Gasteiger charge is 2.40. The molecule has 0 saturated carbocycles. The molecule has 10 heteroatoms. The summed E-state index contributed by atoms with van der Waals surface area (Å²) in [6.07, 6.45) is 3.93. The standard InChI is InChI=1S/C39H37N7O3/c1-49-29-16-11-12-26(23-29)22-28-15-9-10-21-44(28)36(47)25-45-34-19-7-8-20-35(34)46-37(27-13-3-2-4-14-27)42-43-38(46)31(39(45)48)24-33-30-17-5-6-18-32(30)40-41-33/h2-8,11-14,16-20,23,28,31H,9-10,15,21-22,24-25H2,1H3,(H,40,41). The van der Waals surface area contributed by atoms with Gasteiger partial charge in [-0.05, 0) is 61.6 Å². The maximum absolute atomic E-state index is 15.0. The molecule has 1 N–H and O–H groups in total. The monoisotopic (exact) mass is 651 g/mol. The minimum absolute atomic E-state index is 0.0298. The van der Waals surface area contributed by atoms with Crippen LogP contribution in [0.2, 0.25) is 0 Å². The molecule has 0 radical (unpaired) electrons. The fraction of sp³-hybridized carbons (Fsp3) is 0.256. The number of aromatic nitrogens is 5. The fourth-order valence-corrected chi connectivity index (χ4v) is 7.39. The summed E-state index contributed by atoms with van der Waals surface area (Å²) >= 11 is 0. The average Bonchev–Trinajstić information content (AvgIpc) is 3.76. The summed E-state index contributed by atoms with van der Waals surface area (Å²) < 4.78 is 7.45. The highest BCUT2D eigenvalue weighted by molar-refractivity contribution is 6.05. The number of methoxy groups -OCH3 is 1. The van der Waals surface area contributed by atoms with E-state index >= 15 is 0 Å². The first kappa shape index (κ1) is 30.6. The molecule has 10 nitrogen and oxygen atoms in total. The Labute approximate surface area is 284 Å². The van der Waals surface area contributed by atoms with Gasteiger partial charge in [-0.2, -0.15) is 5.10 Å². The quantitative estimate of drug-likeness (QED) is 0.213. The molecule has 1 fully saturated rings. The van der Waals surface area contributed by atoms with E-state index in [0.717, 1.165) is 64.8 Å². The van der Waals surface area contributed by atoms with E-state index in [-0.39, 0.29) is 24.4 Å². The van der Waals surface area contributed by atoms with Gasteiger partial charge in [0, 0.05) is 35.7 Å². The zero-order chi connectivity index (χ0) is 33.3. The number of H-pyrrole nitrogens is 1. The number of carbonyl (C=O) groups excluding carboxylic acids is 2. The number of carbonyl (C=O) groups is 2. The van der Waals surface area contributed by atoms with Crippen LogP contribution in [0.3, 0.4) is 0 Å². The zero-order valence-electron chi connectivity index (χ0n) is 27.3. The number of ether oxygens (including phenoxy) is 1. The molecular weight excluding hydrogens is 614 g/mol. The van der Waals surface area contributed by atoms with Crippen molar-refractivity contribution in [1.29, 1.82) is 0 Å². The van der Waals surface area contributed by atoms with Gasteiger partial charge < -0.3 is 14.5 Å². The molecule has 6 aromatic rings. The molecule has 8 rings (SSSR count). The van der Waals surface area contributed by atoms with Crippen LogP contribution in [0.4, 0.5) is 5.69 Å². The Morgan fingerprint density at radius 2 is 1.67 bits per heavy atom. The van der Waals surface area contributed by atoms with Gasteiger partial charge in [-0.3, -0.25) is 19.3 Å². The second-order valence-electron chi connectivity index (χ2n) is 12.8. The van der Waals surface area contributed by atoms with Crippen LogP contribution in [0.25, 0.3) is 28.0 Å². The summed E-state index contributed by atoms with van der Waals surface area (Å²) in [6.45, 7) is 0.577. The van der Waals surface area contributed by atoms with Crippen molar-refractivity contribution in [2.45, 2.75) is 44.1 Å². The summed E-state index contributed by atoms with van der Waals surface area (Å²) in [6, 6.07) is 33.5. The maximum atomic E-state index is 15.0. The van der Waals surface area contributed by atoms with Crippen molar-refractivity contribution in [3.8, 4) is 22.8 Å². The van der Waals surface area contributed by atoms with Gasteiger partial charge >= 0.3 is 0 Å². The predicted octanol–water partition coefficient (Wildman–Crippen LogP) is 6.12. The van der Waals surface area contributed by atoms with Crippen molar-refractivity contribution in [2.75, 3.05) is 25.1 Å². The second-order valence-corrected chi connectivity index (χ2v) is 12.8. The van der Waals surface area contributed by atoms with Crippen LogP contribution < -0.4 is 9.64 Å². The maximum Gasteiger partial charge on any atom is 0.242 e. The Bertz CT molecular complexity index is 2140. The van der Waals surface area contributed by atoms with Gasteiger partial charge in [0.05, 0.1) is 24.0 Å². The molecule has 2 atom stereocenters. The van der Waals surface area contributed by atoms with Crippen molar-refractivity contribution in [2.24, 2.45) is 0 Å². The first-order valence-corrected chi connectivity index (χ1v) is 16.8. The lowest BCUT2D eigenvalue weighted by Crippen LogP contribution is -2.50. The summed E-state index contributed by atoms with van der Waals surface area (Å²) in [5.41, 5.74) is 5.07. The van der Waals surface area contributed by atoms with Crippen LogP contribution in [0.15, 0.2) is 103 Å². The first-order chi connectivity index (χ1) is 24.1. The number of benzene rings is 4. The van der Waals surface area contributed by atoms with Crippen LogP contribution in [0, 0.1) is 0 Å². The van der Waals surface area contributed by atoms with Crippen molar-refractivity contribution >= 4 is 28.4 Å². The topological polar surface area (TPSA) is 109 Å². The first-order valence-electron chi connectivity index (χ1n) is 16.8. The van der Waals surface area contributed by atoms with Crippen molar-refractivity contribution in [1.82, 2.24) is 29.9 Å². The number of hydrogen-bond donors (Lipinski definition) is 1. The van der Waals surface area contributed by atoms with E-state index in [1.165, 1.54) is 0 Å². The van der Waals surface area contributed by atoms with Gasteiger partial charge in [0.25, 0.3) is 0 Å². The van der Waals surface area contributed by atoms with Crippen LogP contribution in [-0.4, -0.2) is 67.9 Å². The van der Waals surface area contributed by atoms with Crippen molar-refractivity contribution < 1.29 is 14.3 Å². The molecule has 1 saturated heterocycles. The van der Waals surface area contributed by atoms with Crippen LogP contribution in [-0.2, 0) is 22.4 Å². The number of fused-ring (bicyclic) bond motifs is 4. The predicted molar refractivity (Wildman–Crippen MR) is 188 cm³/mol. The number of piperidine rings is 1. The van der Waals surface area contributed by atoms with Gasteiger partial charge in [0.1, 0.15) is 18.2 Å². The molecule has 4 heterocycles. The summed E-state index contributed by atoms with van der Waals surface area (Å²) in [4.78, 5) is 33.0. The number of anilines is 1. The van der Waals surface area contributed by atoms with Gasteiger partial charge in [-0.1, -0.05) is 72.8 Å². The normalized spacial score (nSPS) is 17.4. The molecule has 2 amide bonds. The van der Waals surface area contributed by atoms with Gasteiger partial charge in [-0.15, -0.1) is 10.2 Å². The number of likely N-dealkylation sites (tertiary alicyclic amines) is 1. The minimum atomic E-state index is -0.733. The number of amides is 2. The van der Waals surface area contributed by atoms with Crippen molar-refractivity contribution in [3.63, 3.8) is 0 Å². The van der Waals surface area contributed by atoms with Crippen molar-refractivity contribution in [3.05, 3.63) is 120 Å². The summed E-state index contributed by atoms with van der Waals surface area (Å²) in [5, 5.41) is 17.9. The smallest absolute Gasteiger partial charge is 0.242 e. The van der Waals surface area contributed by atoms with E-state index in [1.54, 1.807) is 12.0 Å². The lowest BCUT2D eigenvalue weighted by Gasteiger charge is -2.37. The lowest BCUT2D eigenvalue weighted by molar-refractivity contribution is -0.134. The molecular formula is C39H37N7O3. The highest BCUT2D eigenvalue weighted by Crippen LogP contribution is 2.39. The SMILES string of the molecule is COc1cccc(CC2CCCCN2C(=O)CN2C(=O)C(Cc3[nH]nc4ccccc34)c3nnc(-c4ccccc4)n3-c3ccccc32)c1. The van der Waals surface area contributed by atoms with E-state index in [2.05, 4.69) is 26.5 Å². The average molecular weight is 652 g/mol. The summed E-state index contributed by atoms with van der Waals surface area (Å²) in [5.74, 6) is 0.963. The second kappa shape index (κ2) is 13.0. The number of para-hydroxylation sites is 3. The Kier molecular flexibility index (Phi) is 8.12. The van der Waals surface area contributed by atoms with Crippen LogP contribution in [0.1, 0.15) is 42.3 Å². The Balaban J connectivity index is 1.19. The Morgan fingerprint density at radius 1 is 0.878 bits per heavy atom. The molecule has 2 unspecified atom stereocenters. The zero-order valence-corrected chi connectivity index (χ0v) is 27.3. The van der Waals surface area contributed by atoms with E-state index in [1.807, 2.05) is 107 Å². The number of hydrogen-bond acceptors (Lipinski definition) is 6. The molecule has 0 bridgehead atoms. The molecule has 0 aliphatic carbocycles. The molecule has 2 aliphatic heterocycles. The minimum Gasteiger partial charge on any atom is -0.497 e. The number of nitrogens with zero attached hydrogens (tertiary/aromatic N) is 6. The molecule has 4 aromatic carbocycles. The highest BCUT2D eigenvalue weighted by atomic mass is 16.5. The van der Waals surface area contributed by atoms with E-state index in [0.29, 0.717) is 30.3 Å². The molecule has 246 valence electrons. The van der Waals surface area contributed by atoms with E-state index in [4.69, 9.17) is 4.74 Å². The van der Waals surface area contributed by atoms with Gasteiger partial charge in [-0.25, -0.2) is 0 Å². The van der Waals surface area contributed by atoms with E-state index < -0.39 is 5.92 Å². The van der Waals surface area contributed by atoms with Crippen LogP contribution >= 0.6 is 0 Å². The Morgan fingerprint density at radius 3 is 2.53 bits per heavy atom. The third kappa shape index (κ3) is 5.73. The Hall–Kier alpha value is -5.77. The number of aromatic amines is 1. The van der Waals surface area contributed by atoms with E-state index in [9.17, 15) is 9.59 Å². The molecule has 49 heavy (non-hydrogen) atoms. The molecule has 0 spiro atoms. The third-order valence-corrected chi connectivity index (χ3v) is 9.80.